The smallest absolute Gasteiger partial charge is 0.329 e. The minimum absolute atomic E-state index is 0. The molecule has 1 atom stereocenters. The molecule has 3 aromatic carbocycles. The number of anilines is 1. The Morgan fingerprint density at radius 2 is 1.69 bits per heavy atom. The summed E-state index contributed by atoms with van der Waals surface area (Å²) >= 11 is 0. The van der Waals surface area contributed by atoms with Gasteiger partial charge in [0.25, 0.3) is 10.0 Å². The van der Waals surface area contributed by atoms with Crippen molar-refractivity contribution in [2.75, 3.05) is 18.7 Å². The number of sulfonamides is 1. The van der Waals surface area contributed by atoms with Crippen molar-refractivity contribution in [3.8, 4) is 11.5 Å². The van der Waals surface area contributed by atoms with Crippen molar-refractivity contribution < 1.29 is 30.3 Å². The molecule has 36 heavy (non-hydrogen) atoms. The maximum Gasteiger partial charge on any atom is 0.329 e. The quantitative estimate of drug-likeness (QED) is 0.474. The van der Waals surface area contributed by atoms with Crippen LogP contribution in [0.25, 0.3) is 0 Å². The Morgan fingerprint density at radius 3 is 2.44 bits per heavy atom. The summed E-state index contributed by atoms with van der Waals surface area (Å²) in [7, 11) is -2.57. The van der Waals surface area contributed by atoms with Crippen LogP contribution >= 0.6 is 0 Å². The van der Waals surface area contributed by atoms with Crippen LogP contribution in [0.15, 0.2) is 77.7 Å². The molecule has 1 aliphatic heterocycles. The van der Waals surface area contributed by atoms with E-state index in [9.17, 15) is 18.0 Å². The Labute approximate surface area is 213 Å². The number of fused-ring (bicyclic) bond motifs is 1. The second kappa shape index (κ2) is 10.7. The van der Waals surface area contributed by atoms with E-state index in [2.05, 4.69) is 5.32 Å². The van der Waals surface area contributed by atoms with Crippen molar-refractivity contribution in [1.82, 2.24) is 10.0 Å². The van der Waals surface area contributed by atoms with Gasteiger partial charge in [-0.05, 0) is 35.7 Å². The van der Waals surface area contributed by atoms with E-state index in [0.717, 1.165) is 5.56 Å². The predicted molar refractivity (Wildman–Crippen MR) is 139 cm³/mol. The highest BCUT2D eigenvalue weighted by Gasteiger charge is 2.28. The van der Waals surface area contributed by atoms with Gasteiger partial charge in [0.15, 0.2) is 11.5 Å². The molecule has 9 nitrogen and oxygen atoms in total. The third-order valence-electron chi connectivity index (χ3n) is 5.83. The van der Waals surface area contributed by atoms with E-state index in [1.54, 1.807) is 43.4 Å². The maximum atomic E-state index is 13.5. The van der Waals surface area contributed by atoms with E-state index in [-0.39, 0.29) is 21.0 Å². The molecule has 0 fully saturated rings. The lowest BCUT2D eigenvalue weighted by atomic mass is 10.0. The molecule has 2 N–H and O–H groups in total. The first kappa shape index (κ1) is 25.1. The van der Waals surface area contributed by atoms with Gasteiger partial charge in [0.2, 0.25) is 12.7 Å². The topological polar surface area (TPSA) is 114 Å². The molecule has 0 unspecified atom stereocenters. The number of benzene rings is 3. The molecular weight excluding hydrogens is 482 g/mol. The highest BCUT2D eigenvalue weighted by molar-refractivity contribution is 7.90. The van der Waals surface area contributed by atoms with Gasteiger partial charge in [0.1, 0.15) is 6.04 Å². The largest absolute Gasteiger partial charge is 0.454 e. The number of urea groups is 1. The van der Waals surface area contributed by atoms with Crippen molar-refractivity contribution in [3.05, 3.63) is 83.9 Å². The van der Waals surface area contributed by atoms with Crippen LogP contribution in [0.3, 0.4) is 0 Å². The molecule has 0 saturated carbocycles. The van der Waals surface area contributed by atoms with Gasteiger partial charge in [-0.2, -0.15) is 0 Å². The number of carbonyl (C=O) groups is 2. The molecule has 0 aliphatic carbocycles. The van der Waals surface area contributed by atoms with Crippen molar-refractivity contribution in [1.29, 1.82) is 0 Å². The van der Waals surface area contributed by atoms with Crippen molar-refractivity contribution in [3.63, 3.8) is 0 Å². The number of ether oxygens (including phenoxy) is 2. The van der Waals surface area contributed by atoms with Crippen LogP contribution in [-0.4, -0.2) is 40.2 Å². The molecule has 0 bridgehead atoms. The fourth-order valence-electron chi connectivity index (χ4n) is 3.93. The van der Waals surface area contributed by atoms with E-state index in [1.165, 1.54) is 11.0 Å². The molecular formula is C26H31N3O6S. The van der Waals surface area contributed by atoms with E-state index in [4.69, 9.17) is 9.47 Å². The Balaban J connectivity index is 0.00000253. The fraction of sp³-hybridized carbons (Fsp3) is 0.231. The van der Waals surface area contributed by atoms with E-state index in [0.29, 0.717) is 29.2 Å². The van der Waals surface area contributed by atoms with Crippen molar-refractivity contribution in [2.45, 2.75) is 30.7 Å². The normalized spacial score (nSPS) is 13.1. The van der Waals surface area contributed by atoms with Gasteiger partial charge >= 0.3 is 6.03 Å². The zero-order valence-corrected chi connectivity index (χ0v) is 20.7. The summed E-state index contributed by atoms with van der Waals surface area (Å²) in [6.45, 7) is 1.93. The first-order valence-electron chi connectivity index (χ1n) is 11.4. The number of rotatable bonds is 8. The minimum Gasteiger partial charge on any atom is -0.454 e. The van der Waals surface area contributed by atoms with Crippen LogP contribution in [0.1, 0.15) is 20.9 Å². The molecule has 3 amide bonds. The lowest BCUT2D eigenvalue weighted by Gasteiger charge is -2.25. The number of aryl methyl sites for hydroxylation is 1. The number of nitrogens with one attached hydrogen (secondary N) is 2. The van der Waals surface area contributed by atoms with E-state index >= 15 is 0 Å². The van der Waals surface area contributed by atoms with Gasteiger partial charge in [0, 0.05) is 28.1 Å². The number of amides is 3. The SMILES string of the molecule is CCc1ccccc1S(=O)(=O)NC(=O)N[C@@H](Cc1ccccc1)C(=O)N(C)c1ccc2c(c1)OCO2.[HH].[HH]. The standard InChI is InChI=1S/C26H27N3O6S.2H2/c1-3-19-11-7-8-12-24(19)36(32,33)28-26(31)27-21(15-18-9-5-4-6-10-18)25(30)29(2)20-13-14-22-23(16-20)35-17-34-22;;/h4-14,16,21H,3,15,17H2,1-2H3,(H2,27,28,31);2*1H/t21-;;/m0../s1. The first-order valence-corrected chi connectivity index (χ1v) is 12.9. The maximum absolute atomic E-state index is 13.5. The number of carbonyl (C=O) groups excluding carboxylic acids is 2. The van der Waals surface area contributed by atoms with Gasteiger partial charge in [-0.3, -0.25) is 4.79 Å². The second-order valence-electron chi connectivity index (χ2n) is 8.22. The molecule has 0 aromatic heterocycles. The van der Waals surface area contributed by atoms with Gasteiger partial charge in [-0.1, -0.05) is 55.5 Å². The predicted octanol–water partition coefficient (Wildman–Crippen LogP) is 3.73. The first-order chi connectivity index (χ1) is 17.3. The molecule has 0 spiro atoms. The van der Waals surface area contributed by atoms with Crippen molar-refractivity contribution in [2.24, 2.45) is 0 Å². The molecule has 4 rings (SSSR count). The molecule has 10 heteroatoms. The van der Waals surface area contributed by atoms with Crippen LogP contribution in [0, 0.1) is 0 Å². The molecule has 0 saturated heterocycles. The summed E-state index contributed by atoms with van der Waals surface area (Å²) in [6.07, 6.45) is 0.641. The molecule has 1 heterocycles. The number of hydrogen-bond donors (Lipinski definition) is 2. The molecule has 0 radical (unpaired) electrons. The third kappa shape index (κ3) is 5.60. The summed E-state index contributed by atoms with van der Waals surface area (Å²) < 4.78 is 38.6. The fourth-order valence-corrected chi connectivity index (χ4v) is 5.16. The highest BCUT2D eigenvalue weighted by Crippen LogP contribution is 2.35. The second-order valence-corrected chi connectivity index (χ2v) is 9.87. The van der Waals surface area contributed by atoms with Gasteiger partial charge in [-0.15, -0.1) is 0 Å². The van der Waals surface area contributed by atoms with Gasteiger partial charge in [-0.25, -0.2) is 17.9 Å². The van der Waals surface area contributed by atoms with Crippen LogP contribution in [0.4, 0.5) is 10.5 Å². The Hall–Kier alpha value is -4.05. The Morgan fingerprint density at radius 1 is 1.00 bits per heavy atom. The number of likely N-dealkylation sites (N-methyl/N-ethyl adjacent to an activating group) is 1. The number of hydrogen-bond acceptors (Lipinski definition) is 6. The monoisotopic (exact) mass is 513 g/mol. The molecule has 1 aliphatic rings. The number of nitrogens with zero attached hydrogens (tertiary/aromatic N) is 1. The van der Waals surface area contributed by atoms with Crippen LogP contribution in [-0.2, 0) is 27.7 Å². The average Bonchev–Trinajstić information content (AvgIpc) is 3.35. The summed E-state index contributed by atoms with van der Waals surface area (Å²) in [5.74, 6) is 0.660. The van der Waals surface area contributed by atoms with Gasteiger partial charge in [0.05, 0.1) is 4.90 Å². The highest BCUT2D eigenvalue weighted by atomic mass is 32.2. The van der Waals surface area contributed by atoms with Crippen molar-refractivity contribution >= 4 is 27.6 Å². The van der Waals surface area contributed by atoms with Gasteiger partial charge < -0.3 is 19.7 Å². The zero-order valence-electron chi connectivity index (χ0n) is 19.9. The van der Waals surface area contributed by atoms with Crippen LogP contribution in [0.2, 0.25) is 0 Å². The summed E-state index contributed by atoms with van der Waals surface area (Å²) in [6, 6.07) is 18.6. The molecule has 192 valence electrons. The summed E-state index contributed by atoms with van der Waals surface area (Å²) in [5, 5.41) is 2.56. The average molecular weight is 514 g/mol. The van der Waals surface area contributed by atoms with Crippen LogP contribution in [0.5, 0.6) is 11.5 Å². The van der Waals surface area contributed by atoms with E-state index in [1.807, 2.05) is 42.0 Å². The van der Waals surface area contributed by atoms with E-state index < -0.39 is 28.0 Å². The Kier molecular flexibility index (Phi) is 7.44. The van der Waals surface area contributed by atoms with Crippen LogP contribution < -0.4 is 24.4 Å². The third-order valence-corrected chi connectivity index (χ3v) is 7.26. The summed E-state index contributed by atoms with van der Waals surface area (Å²) in [4.78, 5) is 27.7. The molecule has 3 aromatic rings. The zero-order chi connectivity index (χ0) is 25.7. The Bertz CT molecular complexity index is 1370. The summed E-state index contributed by atoms with van der Waals surface area (Å²) in [5.41, 5.74) is 1.92. The lowest BCUT2D eigenvalue weighted by molar-refractivity contribution is -0.120. The lowest BCUT2D eigenvalue weighted by Crippen LogP contribution is -2.52. The minimum atomic E-state index is -4.14.